The lowest BCUT2D eigenvalue weighted by Crippen LogP contribution is -2.59. The second kappa shape index (κ2) is 5.64. The van der Waals surface area contributed by atoms with Gasteiger partial charge >= 0.3 is 0 Å². The van der Waals surface area contributed by atoms with Crippen LogP contribution in [0.3, 0.4) is 0 Å². The van der Waals surface area contributed by atoms with Gasteiger partial charge in [-0.05, 0) is 6.07 Å². The maximum absolute atomic E-state index is 6.41. The summed E-state index contributed by atoms with van der Waals surface area (Å²) in [6, 6.07) is 1.72. The van der Waals surface area contributed by atoms with Crippen LogP contribution in [0.4, 0.5) is 5.69 Å². The minimum absolute atomic E-state index is 0.267. The number of hydrogen-bond donors (Lipinski definition) is 1. The van der Waals surface area contributed by atoms with E-state index in [1.807, 2.05) is 11.6 Å². The smallest absolute Gasteiger partial charge is 0.168 e. The summed E-state index contributed by atoms with van der Waals surface area (Å²) >= 11 is 0. The fourth-order valence-corrected chi connectivity index (χ4v) is 3.79. The van der Waals surface area contributed by atoms with Crippen LogP contribution in [0.5, 0.6) is 0 Å². The second-order valence-electron chi connectivity index (χ2n) is 6.24. The Balaban J connectivity index is 1.79. The van der Waals surface area contributed by atoms with Crippen molar-refractivity contribution in [2.75, 3.05) is 40.2 Å². The summed E-state index contributed by atoms with van der Waals surface area (Å²) in [5.74, 6) is 0. The van der Waals surface area contributed by atoms with Crippen molar-refractivity contribution >= 4 is 16.9 Å². The molecule has 1 unspecified atom stereocenters. The van der Waals surface area contributed by atoms with Crippen LogP contribution in [0.25, 0.3) is 11.2 Å². The maximum Gasteiger partial charge on any atom is 0.168 e. The molecule has 0 saturated carbocycles. The van der Waals surface area contributed by atoms with Gasteiger partial charge < -0.3 is 19.9 Å². The molecule has 2 bridgehead atoms. The molecule has 2 fully saturated rings. The van der Waals surface area contributed by atoms with Gasteiger partial charge in [-0.1, -0.05) is 0 Å². The highest BCUT2D eigenvalue weighted by Crippen LogP contribution is 2.45. The lowest BCUT2D eigenvalue weighted by atomic mass is 9.94. The van der Waals surface area contributed by atoms with E-state index in [1.165, 1.54) is 0 Å². The number of ether oxygens (including phenoxy) is 3. The van der Waals surface area contributed by atoms with Crippen molar-refractivity contribution in [3.05, 3.63) is 18.6 Å². The predicted octanol–water partition coefficient (Wildman–Crippen LogP) is 0.188. The zero-order valence-corrected chi connectivity index (χ0v) is 13.9. The monoisotopic (exact) mass is 335 g/mol. The third kappa shape index (κ3) is 2.13. The Morgan fingerprint density at radius 3 is 3.00 bits per heavy atom. The van der Waals surface area contributed by atoms with E-state index < -0.39 is 11.8 Å². The second-order valence-corrected chi connectivity index (χ2v) is 6.24. The summed E-state index contributed by atoms with van der Waals surface area (Å²) in [5.41, 5.74) is 7.24. The first-order chi connectivity index (χ1) is 11.6. The molecular weight excluding hydrogens is 314 g/mol. The quantitative estimate of drug-likeness (QED) is 0.846. The predicted molar refractivity (Wildman–Crippen MR) is 85.0 cm³/mol. The summed E-state index contributed by atoms with van der Waals surface area (Å²) < 4.78 is 19.4. The van der Waals surface area contributed by atoms with Gasteiger partial charge in [-0.2, -0.15) is 5.06 Å². The van der Waals surface area contributed by atoms with Gasteiger partial charge in [0.15, 0.2) is 18.0 Å². The van der Waals surface area contributed by atoms with Crippen molar-refractivity contribution in [3.8, 4) is 0 Å². The number of pyridine rings is 1. The first-order valence-corrected chi connectivity index (χ1v) is 7.74. The van der Waals surface area contributed by atoms with Crippen molar-refractivity contribution in [3.63, 3.8) is 0 Å². The SMILES string of the molecule is COC[C@]12CN(C)O[C@@H](C1OC)[C@H](n1cnc3c(N)ccnc31)O2. The third-order valence-corrected chi connectivity index (χ3v) is 4.65. The Hall–Kier alpha value is -1.78. The molecule has 2 aliphatic rings. The minimum Gasteiger partial charge on any atom is -0.397 e. The standard InChI is InChI=1S/C15H21N5O4/c1-19-6-15(7-21-2)12(22-3)11(24-19)14(23-15)20-8-18-10-9(16)4-5-17-13(10)20/h4-5,8,11-12,14H,6-7H2,1-3H3,(H2,16,17)/t11-,12?,14+,15+/m0/s1. The molecule has 2 saturated heterocycles. The highest BCUT2D eigenvalue weighted by atomic mass is 16.7. The van der Waals surface area contributed by atoms with Crippen LogP contribution in [-0.2, 0) is 19.0 Å². The van der Waals surface area contributed by atoms with Gasteiger partial charge in [-0.15, -0.1) is 0 Å². The number of aromatic nitrogens is 3. The number of nitrogen functional groups attached to an aromatic ring is 1. The largest absolute Gasteiger partial charge is 0.397 e. The fourth-order valence-electron chi connectivity index (χ4n) is 3.79. The molecule has 4 atom stereocenters. The number of fused-ring (bicyclic) bond motifs is 3. The molecular formula is C15H21N5O4. The Labute approximate surface area is 139 Å². The van der Waals surface area contributed by atoms with E-state index in [1.54, 1.807) is 37.9 Å². The van der Waals surface area contributed by atoms with Crippen LogP contribution in [0.15, 0.2) is 18.6 Å². The van der Waals surface area contributed by atoms with E-state index in [0.29, 0.717) is 30.0 Å². The third-order valence-electron chi connectivity index (χ3n) is 4.65. The van der Waals surface area contributed by atoms with E-state index in [4.69, 9.17) is 24.8 Å². The van der Waals surface area contributed by atoms with Crippen molar-refractivity contribution in [2.45, 2.75) is 24.0 Å². The van der Waals surface area contributed by atoms with E-state index >= 15 is 0 Å². The molecule has 2 aromatic rings. The first kappa shape index (κ1) is 15.7. The number of likely N-dealkylation sites (N-methyl/N-ethyl adjacent to an activating group) is 1. The zero-order valence-electron chi connectivity index (χ0n) is 13.9. The molecule has 24 heavy (non-hydrogen) atoms. The topological polar surface area (TPSA) is 96.9 Å². The molecule has 0 spiro atoms. The van der Waals surface area contributed by atoms with Gasteiger partial charge in [0.25, 0.3) is 0 Å². The molecule has 2 aromatic heterocycles. The van der Waals surface area contributed by atoms with Crippen LogP contribution < -0.4 is 5.73 Å². The van der Waals surface area contributed by atoms with Gasteiger partial charge in [0.05, 0.1) is 25.2 Å². The van der Waals surface area contributed by atoms with Crippen LogP contribution >= 0.6 is 0 Å². The maximum atomic E-state index is 6.41. The highest BCUT2D eigenvalue weighted by Gasteiger charge is 2.61. The Morgan fingerprint density at radius 2 is 2.25 bits per heavy atom. The zero-order chi connectivity index (χ0) is 16.9. The number of nitrogens with two attached hydrogens (primary N) is 1. The number of hydrogen-bond acceptors (Lipinski definition) is 8. The fraction of sp³-hybridized carbons (Fsp3) is 0.600. The van der Waals surface area contributed by atoms with Crippen LogP contribution in [0.2, 0.25) is 0 Å². The summed E-state index contributed by atoms with van der Waals surface area (Å²) in [7, 11) is 5.18. The van der Waals surface area contributed by atoms with Crippen molar-refractivity contribution in [2.24, 2.45) is 0 Å². The Morgan fingerprint density at radius 1 is 1.42 bits per heavy atom. The highest BCUT2D eigenvalue weighted by molar-refractivity contribution is 5.83. The average molecular weight is 335 g/mol. The lowest BCUT2D eigenvalue weighted by molar-refractivity contribution is -0.262. The average Bonchev–Trinajstić information content (AvgIpc) is 3.04. The van der Waals surface area contributed by atoms with Crippen LogP contribution in [0, 0.1) is 0 Å². The normalized spacial score (nSPS) is 33.4. The van der Waals surface area contributed by atoms with Crippen molar-refractivity contribution in [1.82, 2.24) is 19.6 Å². The summed E-state index contributed by atoms with van der Waals surface area (Å²) in [5, 5.41) is 1.76. The first-order valence-electron chi connectivity index (χ1n) is 7.74. The molecule has 0 aliphatic carbocycles. The molecule has 0 radical (unpaired) electrons. The van der Waals surface area contributed by atoms with Crippen molar-refractivity contribution < 1.29 is 19.0 Å². The molecule has 0 amide bonds. The summed E-state index contributed by atoms with van der Waals surface area (Å²) in [4.78, 5) is 14.8. The number of nitrogens with zero attached hydrogens (tertiary/aromatic N) is 4. The van der Waals surface area contributed by atoms with E-state index in [-0.39, 0.29) is 12.2 Å². The number of imidazole rings is 1. The summed E-state index contributed by atoms with van der Waals surface area (Å²) in [6.07, 6.45) is 2.29. The Bertz CT molecular complexity index is 753. The van der Waals surface area contributed by atoms with Gasteiger partial charge in [-0.25, -0.2) is 9.97 Å². The van der Waals surface area contributed by atoms with Gasteiger partial charge in [0.1, 0.15) is 17.2 Å². The summed E-state index contributed by atoms with van der Waals surface area (Å²) in [6.45, 7) is 0.933. The van der Waals surface area contributed by atoms with Crippen LogP contribution in [0.1, 0.15) is 6.23 Å². The minimum atomic E-state index is -0.622. The van der Waals surface area contributed by atoms with E-state index in [2.05, 4.69) is 9.97 Å². The molecule has 4 rings (SSSR count). The molecule has 9 heteroatoms. The molecule has 130 valence electrons. The Kier molecular flexibility index (Phi) is 3.70. The number of anilines is 1. The lowest BCUT2D eigenvalue weighted by Gasteiger charge is -2.40. The van der Waals surface area contributed by atoms with Gasteiger partial charge in [0, 0.05) is 27.5 Å². The van der Waals surface area contributed by atoms with Crippen molar-refractivity contribution in [1.29, 1.82) is 0 Å². The number of methoxy groups -OCH3 is 2. The number of rotatable bonds is 4. The molecule has 2 aliphatic heterocycles. The van der Waals surface area contributed by atoms with Crippen LogP contribution in [-0.4, -0.2) is 71.8 Å². The van der Waals surface area contributed by atoms with Gasteiger partial charge in [-0.3, -0.25) is 9.40 Å². The molecule has 4 heterocycles. The van der Waals surface area contributed by atoms with Gasteiger partial charge in [0.2, 0.25) is 0 Å². The molecule has 0 aromatic carbocycles. The van der Waals surface area contributed by atoms with E-state index in [9.17, 15) is 0 Å². The van der Waals surface area contributed by atoms with E-state index in [0.717, 1.165) is 0 Å². The molecule has 2 N–H and O–H groups in total. The molecule has 9 nitrogen and oxygen atoms in total. The number of hydroxylamine groups is 2.